The van der Waals surface area contributed by atoms with Crippen LogP contribution in [0, 0.1) is 0 Å². The number of hydrogen-bond acceptors (Lipinski definition) is 3. The van der Waals surface area contributed by atoms with Gasteiger partial charge in [-0.15, -0.1) is 0 Å². The van der Waals surface area contributed by atoms with E-state index in [1.54, 1.807) is 0 Å². The van der Waals surface area contributed by atoms with E-state index in [0.717, 1.165) is 0 Å². The van der Waals surface area contributed by atoms with E-state index in [0.29, 0.717) is 6.17 Å². The minimum absolute atomic E-state index is 0.183. The van der Waals surface area contributed by atoms with Gasteiger partial charge in [0.25, 0.3) is 0 Å². The molecule has 1 heterocycles. The summed E-state index contributed by atoms with van der Waals surface area (Å²) in [6.45, 7) is 18.4. The van der Waals surface area contributed by atoms with Crippen LogP contribution in [0.1, 0.15) is 195 Å². The molecular weight excluding hydrogens is 486 g/mol. The van der Waals surface area contributed by atoms with Crippen molar-refractivity contribution >= 4 is 0 Å². The first kappa shape index (κ1) is 37.9. The fourth-order valence-electron chi connectivity index (χ4n) is 6.90. The zero-order chi connectivity index (χ0) is 29.2. The number of unbranched alkanes of at least 4 members (excludes halogenated alkanes) is 21. The van der Waals surface area contributed by atoms with Gasteiger partial charge in [-0.2, -0.15) is 0 Å². The van der Waals surface area contributed by atoms with Crippen LogP contribution >= 0.6 is 0 Å². The summed E-state index contributed by atoms with van der Waals surface area (Å²) in [5.41, 5.74) is 0.183. The lowest BCUT2D eigenvalue weighted by Crippen LogP contribution is -2.67. The van der Waals surface area contributed by atoms with Crippen LogP contribution in [0.5, 0.6) is 0 Å². The van der Waals surface area contributed by atoms with Crippen LogP contribution in [0.4, 0.5) is 0 Å². The van der Waals surface area contributed by atoms with Crippen LogP contribution in [0.25, 0.3) is 0 Å². The van der Waals surface area contributed by atoms with Crippen LogP contribution in [0.2, 0.25) is 0 Å². The summed E-state index contributed by atoms with van der Waals surface area (Å²) < 4.78 is 0. The first-order valence-electron chi connectivity index (χ1n) is 18.8. The Balaban J connectivity index is 2.57. The highest BCUT2D eigenvalue weighted by Crippen LogP contribution is 2.26. The molecule has 1 N–H and O–H groups in total. The lowest BCUT2D eigenvalue weighted by molar-refractivity contribution is -0.0158. The first-order valence-corrected chi connectivity index (χ1v) is 18.8. The quantitative estimate of drug-likeness (QED) is 0.0913. The van der Waals surface area contributed by atoms with Gasteiger partial charge in [0, 0.05) is 12.1 Å². The molecule has 1 aliphatic heterocycles. The van der Waals surface area contributed by atoms with Gasteiger partial charge in [-0.05, 0) is 65.7 Å². The summed E-state index contributed by atoms with van der Waals surface area (Å²) in [6.07, 6.45) is 35.8. The van der Waals surface area contributed by atoms with E-state index in [2.05, 4.69) is 49.7 Å². The van der Waals surface area contributed by atoms with Gasteiger partial charge >= 0.3 is 0 Å². The second kappa shape index (κ2) is 26.5. The van der Waals surface area contributed by atoms with Crippen molar-refractivity contribution in [3.63, 3.8) is 0 Å². The lowest BCUT2D eigenvalue weighted by atomic mass is 9.93. The van der Waals surface area contributed by atoms with Crippen molar-refractivity contribution in [3.05, 3.63) is 0 Å². The highest BCUT2D eigenvalue weighted by atomic mass is 15.4. The normalized spacial score (nSPS) is 16.8. The van der Waals surface area contributed by atoms with Crippen molar-refractivity contribution in [1.82, 2.24) is 15.1 Å². The molecule has 0 saturated carbocycles. The van der Waals surface area contributed by atoms with E-state index in [-0.39, 0.29) is 5.54 Å². The van der Waals surface area contributed by atoms with Crippen LogP contribution in [-0.2, 0) is 0 Å². The number of rotatable bonds is 29. The van der Waals surface area contributed by atoms with E-state index >= 15 is 0 Å². The Bertz CT molecular complexity index is 500. The maximum Gasteiger partial charge on any atom is 0.0781 e. The van der Waals surface area contributed by atoms with Gasteiger partial charge in [-0.25, -0.2) is 0 Å². The number of nitrogens with zero attached hydrogens (tertiary/aromatic N) is 2. The highest BCUT2D eigenvalue weighted by molar-refractivity contribution is 4.95. The summed E-state index contributed by atoms with van der Waals surface area (Å²) in [5, 5.41) is 4.01. The summed E-state index contributed by atoms with van der Waals surface area (Å²) in [6, 6.07) is 0. The molecule has 3 nitrogen and oxygen atoms in total. The SMILES string of the molecule is CCCCCCCCCCN1CCCNC1C(C)(C)N(CCCCCCCCCC)CCCCCCCCCC. The predicted octanol–water partition coefficient (Wildman–Crippen LogP) is 11.1. The smallest absolute Gasteiger partial charge is 0.0781 e. The van der Waals surface area contributed by atoms with Gasteiger partial charge in [-0.1, -0.05) is 156 Å². The zero-order valence-corrected chi connectivity index (χ0v) is 28.7. The molecule has 0 spiro atoms. The molecule has 0 aromatic rings. The molecule has 1 unspecified atom stereocenters. The molecule has 0 aromatic carbocycles. The Kier molecular flexibility index (Phi) is 25.1. The Labute approximate surface area is 254 Å². The molecule has 240 valence electrons. The van der Waals surface area contributed by atoms with Crippen molar-refractivity contribution in [2.75, 3.05) is 32.7 Å². The molecule has 0 aromatic heterocycles. The van der Waals surface area contributed by atoms with E-state index < -0.39 is 0 Å². The third kappa shape index (κ3) is 18.4. The minimum Gasteiger partial charge on any atom is -0.300 e. The maximum atomic E-state index is 4.01. The summed E-state index contributed by atoms with van der Waals surface area (Å²) in [5.74, 6) is 0. The van der Waals surface area contributed by atoms with E-state index in [9.17, 15) is 0 Å². The number of hydrogen-bond donors (Lipinski definition) is 1. The van der Waals surface area contributed by atoms with E-state index in [4.69, 9.17) is 0 Å². The third-order valence-corrected chi connectivity index (χ3v) is 9.67. The van der Waals surface area contributed by atoms with Crippen molar-refractivity contribution in [2.24, 2.45) is 0 Å². The maximum absolute atomic E-state index is 4.01. The van der Waals surface area contributed by atoms with Crippen LogP contribution in [0.15, 0.2) is 0 Å². The summed E-state index contributed by atoms with van der Waals surface area (Å²) in [4.78, 5) is 5.74. The van der Waals surface area contributed by atoms with Gasteiger partial charge in [0.15, 0.2) is 0 Å². The second-order valence-corrected chi connectivity index (χ2v) is 13.8. The monoisotopic (exact) mass is 564 g/mol. The fraction of sp³-hybridized carbons (Fsp3) is 1.00. The van der Waals surface area contributed by atoms with Crippen molar-refractivity contribution in [1.29, 1.82) is 0 Å². The molecular formula is C37H77N3. The highest BCUT2D eigenvalue weighted by Gasteiger charge is 2.39. The molecule has 3 heteroatoms. The summed E-state index contributed by atoms with van der Waals surface area (Å²) in [7, 11) is 0. The molecule has 0 amide bonds. The topological polar surface area (TPSA) is 18.5 Å². The van der Waals surface area contributed by atoms with Gasteiger partial charge in [-0.3, -0.25) is 9.80 Å². The van der Waals surface area contributed by atoms with Crippen LogP contribution < -0.4 is 5.32 Å². The molecule has 1 saturated heterocycles. The van der Waals surface area contributed by atoms with Gasteiger partial charge in [0.05, 0.1) is 6.17 Å². The molecule has 0 bridgehead atoms. The molecule has 40 heavy (non-hydrogen) atoms. The molecule has 1 rings (SSSR count). The average molecular weight is 564 g/mol. The predicted molar refractivity (Wildman–Crippen MR) is 181 cm³/mol. The van der Waals surface area contributed by atoms with Crippen molar-refractivity contribution < 1.29 is 0 Å². The summed E-state index contributed by atoms with van der Waals surface area (Å²) >= 11 is 0. The lowest BCUT2D eigenvalue weighted by Gasteiger charge is -2.51. The molecule has 1 aliphatic rings. The minimum atomic E-state index is 0.183. The first-order chi connectivity index (χ1) is 19.6. The molecule has 0 aliphatic carbocycles. The number of nitrogens with one attached hydrogen (secondary N) is 1. The largest absolute Gasteiger partial charge is 0.300 e. The second-order valence-electron chi connectivity index (χ2n) is 13.8. The van der Waals surface area contributed by atoms with Gasteiger partial charge in [0.2, 0.25) is 0 Å². The Hall–Kier alpha value is -0.120. The van der Waals surface area contributed by atoms with Gasteiger partial charge in [0.1, 0.15) is 0 Å². The molecule has 1 atom stereocenters. The van der Waals surface area contributed by atoms with E-state index in [1.165, 1.54) is 193 Å². The fourth-order valence-corrected chi connectivity index (χ4v) is 6.90. The Morgan fingerprint density at radius 3 is 1.35 bits per heavy atom. The van der Waals surface area contributed by atoms with Crippen LogP contribution in [-0.4, -0.2) is 54.2 Å². The third-order valence-electron chi connectivity index (χ3n) is 9.67. The average Bonchev–Trinajstić information content (AvgIpc) is 2.96. The van der Waals surface area contributed by atoms with Crippen molar-refractivity contribution in [2.45, 2.75) is 207 Å². The Morgan fingerprint density at radius 2 is 0.925 bits per heavy atom. The van der Waals surface area contributed by atoms with E-state index in [1.807, 2.05) is 0 Å². The standard InChI is InChI=1S/C37H77N3/c1-6-9-12-15-18-21-24-27-32-39-33-30-31-38-36(39)37(4,5)40(34-28-25-22-19-16-13-10-7-2)35-29-26-23-20-17-14-11-8-3/h36,38H,6-35H2,1-5H3. The zero-order valence-electron chi connectivity index (χ0n) is 28.7. The van der Waals surface area contributed by atoms with Gasteiger partial charge < -0.3 is 5.32 Å². The van der Waals surface area contributed by atoms with Crippen LogP contribution in [0.3, 0.4) is 0 Å². The van der Waals surface area contributed by atoms with Crippen molar-refractivity contribution in [3.8, 4) is 0 Å². The molecule has 1 fully saturated rings. The molecule has 0 radical (unpaired) electrons. The Morgan fingerprint density at radius 1 is 0.550 bits per heavy atom.